The fourth-order valence-corrected chi connectivity index (χ4v) is 1.31. The second-order valence-electron chi connectivity index (χ2n) is 3.64. The van der Waals surface area contributed by atoms with E-state index in [9.17, 15) is 9.59 Å². The summed E-state index contributed by atoms with van der Waals surface area (Å²) in [5.74, 6) is -2.62. The van der Waals surface area contributed by atoms with Crippen molar-refractivity contribution in [3.63, 3.8) is 0 Å². The van der Waals surface area contributed by atoms with Crippen LogP contribution in [0, 0.1) is 0 Å². The van der Waals surface area contributed by atoms with Crippen LogP contribution in [0.25, 0.3) is 0 Å². The molecule has 0 amide bonds. The summed E-state index contributed by atoms with van der Waals surface area (Å²) in [5, 5.41) is 34.6. The van der Waals surface area contributed by atoms with Crippen molar-refractivity contribution in [2.24, 2.45) is 0 Å². The van der Waals surface area contributed by atoms with Gasteiger partial charge in [0, 0.05) is 0 Å². The molecule has 0 saturated heterocycles. The maximum atomic E-state index is 10.3. The van der Waals surface area contributed by atoms with Crippen molar-refractivity contribution in [1.82, 2.24) is 0 Å². The number of para-hydroxylation sites is 2. The molecule has 0 heterocycles. The Morgan fingerprint density at radius 1 is 0.600 bits per heavy atom. The van der Waals surface area contributed by atoms with Crippen molar-refractivity contribution in [2.45, 2.75) is 0 Å². The minimum atomic E-state index is -1.11. The molecule has 2 aromatic rings. The van der Waals surface area contributed by atoms with Gasteiger partial charge < -0.3 is 31.4 Å². The molecule has 11 heteroatoms. The quantitative estimate of drug-likeness (QED) is 0.515. The van der Waals surface area contributed by atoms with E-state index in [1.165, 1.54) is 24.3 Å². The van der Waals surface area contributed by atoms with Crippen LogP contribution in [0.4, 0.5) is 0 Å². The van der Waals surface area contributed by atoms with E-state index in [1.54, 1.807) is 24.3 Å². The van der Waals surface area contributed by atoms with Crippen LogP contribution in [0.2, 0.25) is 0 Å². The molecule has 0 saturated carbocycles. The predicted molar refractivity (Wildman–Crippen MR) is 88.8 cm³/mol. The molecule has 2 rings (SSSR count). The summed E-state index contributed by atoms with van der Waals surface area (Å²) in [5.41, 5.74) is -0.134. The van der Waals surface area contributed by atoms with Crippen molar-refractivity contribution < 1.29 is 41.0 Å². The van der Waals surface area contributed by atoms with E-state index in [2.05, 4.69) is 0 Å². The Labute approximate surface area is 233 Å². The van der Waals surface area contributed by atoms with Gasteiger partial charge in [-0.2, -0.15) is 0 Å². The topological polar surface area (TPSA) is 172 Å². The Morgan fingerprint density at radius 3 is 1.00 bits per heavy atom. The van der Waals surface area contributed by atoms with E-state index < -0.39 is 11.9 Å². The SMILES string of the molecule is O=C(O)c1ccccc1O.O=C(O)c1ccccc1O.[Ca+2].[Ca+2].[Ca+2].[O-2].[O-2]. The Bertz CT molecular complexity index is 581. The van der Waals surface area contributed by atoms with Crippen molar-refractivity contribution in [3.8, 4) is 11.5 Å². The summed E-state index contributed by atoms with van der Waals surface area (Å²) in [4.78, 5) is 20.5. The summed E-state index contributed by atoms with van der Waals surface area (Å²) in [6.45, 7) is 0. The first-order chi connectivity index (χ1) is 9.43. The molecule has 25 heavy (non-hydrogen) atoms. The third-order valence-electron chi connectivity index (χ3n) is 2.27. The van der Waals surface area contributed by atoms with Gasteiger partial charge in [0.15, 0.2) is 0 Å². The van der Waals surface area contributed by atoms with Gasteiger partial charge in [-0.25, -0.2) is 9.59 Å². The number of carbonyl (C=O) groups is 2. The molecule has 0 aliphatic heterocycles. The summed E-state index contributed by atoms with van der Waals surface area (Å²) in [7, 11) is 0. The average molecular weight is 428 g/mol. The number of benzene rings is 2. The number of aromatic carboxylic acids is 2. The van der Waals surface area contributed by atoms with Crippen LogP contribution < -0.4 is 0 Å². The normalized spacial score (nSPS) is 7.36. The number of carboxylic acids is 2. The molecule has 4 N–H and O–H groups in total. The zero-order valence-corrected chi connectivity index (χ0v) is 19.8. The van der Waals surface area contributed by atoms with Crippen molar-refractivity contribution >= 4 is 125 Å². The van der Waals surface area contributed by atoms with Crippen LogP contribution in [0.3, 0.4) is 0 Å². The molecule has 0 spiro atoms. The van der Waals surface area contributed by atoms with E-state index in [0.29, 0.717) is 0 Å². The van der Waals surface area contributed by atoms with Gasteiger partial charge in [0.1, 0.15) is 22.6 Å². The number of aromatic hydroxyl groups is 2. The standard InChI is InChI=1S/2C7H6O3.3Ca.2O/c2*8-6-4-2-1-3-5(6)7(9)10;;;;;/h2*1-4,8H,(H,9,10);;;;;/q;;3*+2;2*-2. The largest absolute Gasteiger partial charge is 2.00 e. The van der Waals surface area contributed by atoms with Gasteiger partial charge in [0.05, 0.1) is 0 Å². The number of carboxylic acid groups (broad SMARTS) is 2. The minimum Gasteiger partial charge on any atom is -2.00 e. The zero-order chi connectivity index (χ0) is 15.1. The van der Waals surface area contributed by atoms with E-state index >= 15 is 0 Å². The molecule has 0 bridgehead atoms. The number of hydrogen-bond donors (Lipinski definition) is 4. The Balaban J connectivity index is -0.0000000889. The second kappa shape index (κ2) is 19.4. The van der Waals surface area contributed by atoms with Crippen LogP contribution in [-0.2, 0) is 11.0 Å². The van der Waals surface area contributed by atoms with Crippen LogP contribution in [0.1, 0.15) is 20.7 Å². The Morgan fingerprint density at radius 2 is 0.840 bits per heavy atom. The molecular formula is C14H12Ca3O8+2. The number of rotatable bonds is 2. The van der Waals surface area contributed by atoms with Gasteiger partial charge in [0.25, 0.3) is 0 Å². The van der Waals surface area contributed by atoms with Gasteiger partial charge >= 0.3 is 125 Å². The third kappa shape index (κ3) is 13.5. The molecule has 120 valence electrons. The first-order valence-corrected chi connectivity index (χ1v) is 5.46. The van der Waals surface area contributed by atoms with Gasteiger partial charge in [-0.3, -0.25) is 0 Å². The molecule has 0 atom stereocenters. The molecule has 0 fully saturated rings. The van der Waals surface area contributed by atoms with Crippen molar-refractivity contribution in [3.05, 3.63) is 59.7 Å². The molecule has 0 radical (unpaired) electrons. The summed E-state index contributed by atoms with van der Waals surface area (Å²) >= 11 is 0. The Hall–Kier alpha value is 0.679. The van der Waals surface area contributed by atoms with Crippen LogP contribution in [0.5, 0.6) is 11.5 Å². The average Bonchev–Trinajstić information content (AvgIpc) is 2.40. The van der Waals surface area contributed by atoms with Crippen LogP contribution in [-0.4, -0.2) is 146 Å². The van der Waals surface area contributed by atoms with E-state index in [4.69, 9.17) is 20.4 Å². The maximum absolute atomic E-state index is 10.3. The summed E-state index contributed by atoms with van der Waals surface area (Å²) in [6, 6.07) is 11.6. The maximum Gasteiger partial charge on any atom is 2.00 e. The van der Waals surface area contributed by atoms with E-state index in [1.807, 2.05) is 0 Å². The minimum absolute atomic E-state index is 0. The van der Waals surface area contributed by atoms with Crippen molar-refractivity contribution in [1.29, 1.82) is 0 Å². The summed E-state index contributed by atoms with van der Waals surface area (Å²) in [6.07, 6.45) is 0. The first kappa shape index (κ1) is 36.6. The van der Waals surface area contributed by atoms with Gasteiger partial charge in [-0.15, -0.1) is 0 Å². The molecule has 8 nitrogen and oxygen atoms in total. The van der Waals surface area contributed by atoms with E-state index in [0.717, 1.165) is 0 Å². The third-order valence-corrected chi connectivity index (χ3v) is 2.27. The van der Waals surface area contributed by atoms with Crippen LogP contribution >= 0.6 is 0 Å². The first-order valence-electron chi connectivity index (χ1n) is 5.46. The van der Waals surface area contributed by atoms with E-state index in [-0.39, 0.29) is 147 Å². The zero-order valence-electron chi connectivity index (χ0n) is 13.2. The monoisotopic (exact) mass is 428 g/mol. The van der Waals surface area contributed by atoms with Gasteiger partial charge in [-0.1, -0.05) is 24.3 Å². The fraction of sp³-hybridized carbons (Fsp3) is 0. The van der Waals surface area contributed by atoms with Gasteiger partial charge in [0.2, 0.25) is 0 Å². The van der Waals surface area contributed by atoms with Crippen molar-refractivity contribution in [2.75, 3.05) is 0 Å². The number of hydrogen-bond acceptors (Lipinski definition) is 4. The molecule has 2 aromatic carbocycles. The van der Waals surface area contributed by atoms with Gasteiger partial charge in [-0.05, 0) is 24.3 Å². The smallest absolute Gasteiger partial charge is 2.00 e. The van der Waals surface area contributed by atoms with Crippen LogP contribution in [0.15, 0.2) is 48.5 Å². The fourth-order valence-electron chi connectivity index (χ4n) is 1.31. The number of phenols is 2. The Kier molecular flexibility index (Phi) is 28.4. The molecule has 0 aromatic heterocycles. The summed E-state index contributed by atoms with van der Waals surface area (Å²) < 4.78 is 0. The molecule has 0 unspecified atom stereocenters. The second-order valence-corrected chi connectivity index (χ2v) is 3.64. The molecule has 0 aliphatic rings. The predicted octanol–water partition coefficient (Wildman–Crippen LogP) is 0.801. The molecule has 0 aliphatic carbocycles. The molecular weight excluding hydrogens is 416 g/mol.